The summed E-state index contributed by atoms with van der Waals surface area (Å²) in [6.45, 7) is 9.38. The van der Waals surface area contributed by atoms with Crippen LogP contribution in [0.5, 0.6) is 0 Å². The van der Waals surface area contributed by atoms with Crippen molar-refractivity contribution in [2.45, 2.75) is 45.6 Å². The van der Waals surface area contributed by atoms with Crippen molar-refractivity contribution in [2.24, 2.45) is 5.92 Å². The molecule has 2 atom stereocenters. The van der Waals surface area contributed by atoms with Crippen molar-refractivity contribution in [1.29, 1.82) is 0 Å². The third kappa shape index (κ3) is 3.40. The van der Waals surface area contributed by atoms with E-state index in [-0.39, 0.29) is 0 Å². The third-order valence-electron chi connectivity index (χ3n) is 2.54. The van der Waals surface area contributed by atoms with Gasteiger partial charge in [-0.05, 0) is 38.6 Å². The van der Waals surface area contributed by atoms with Crippen molar-refractivity contribution < 1.29 is 0 Å². The van der Waals surface area contributed by atoms with Crippen LogP contribution < -0.4 is 5.32 Å². The molecule has 0 radical (unpaired) electrons. The second-order valence-electron chi connectivity index (χ2n) is 4.05. The van der Waals surface area contributed by atoms with Crippen LogP contribution in [0.15, 0.2) is 12.2 Å². The van der Waals surface area contributed by atoms with Gasteiger partial charge >= 0.3 is 0 Å². The highest BCUT2D eigenvalue weighted by Gasteiger charge is 2.34. The molecule has 70 valence electrons. The van der Waals surface area contributed by atoms with Crippen LogP contribution in [0, 0.1) is 5.92 Å². The van der Waals surface area contributed by atoms with E-state index in [2.05, 4.69) is 25.7 Å². The summed E-state index contributed by atoms with van der Waals surface area (Å²) in [7, 11) is 0. The summed E-state index contributed by atoms with van der Waals surface area (Å²) in [6, 6.07) is 0.837. The van der Waals surface area contributed by atoms with Gasteiger partial charge in [-0.2, -0.15) is 0 Å². The highest BCUT2D eigenvalue weighted by Crippen LogP contribution is 2.34. The molecule has 1 saturated carbocycles. The Morgan fingerprint density at radius 2 is 2.33 bits per heavy atom. The van der Waals surface area contributed by atoms with Gasteiger partial charge in [0.15, 0.2) is 0 Å². The number of rotatable bonds is 6. The zero-order valence-corrected chi connectivity index (χ0v) is 8.40. The Kier molecular flexibility index (Phi) is 3.80. The summed E-state index contributed by atoms with van der Waals surface area (Å²) in [5, 5.41) is 3.56. The Balaban J connectivity index is 1.93. The molecule has 1 N–H and O–H groups in total. The van der Waals surface area contributed by atoms with Crippen LogP contribution >= 0.6 is 0 Å². The van der Waals surface area contributed by atoms with Crippen LogP contribution in [0.4, 0.5) is 0 Å². The lowest BCUT2D eigenvalue weighted by atomic mass is 10.2. The number of nitrogens with one attached hydrogen (secondary N) is 1. The maximum absolute atomic E-state index is 3.89. The summed E-state index contributed by atoms with van der Waals surface area (Å²) >= 11 is 0. The van der Waals surface area contributed by atoms with Gasteiger partial charge in [0.1, 0.15) is 0 Å². The molecule has 0 spiro atoms. The van der Waals surface area contributed by atoms with E-state index in [0.29, 0.717) is 0 Å². The molecule has 0 heterocycles. The van der Waals surface area contributed by atoms with E-state index in [0.717, 1.165) is 24.9 Å². The molecule has 2 unspecified atom stereocenters. The SMILES string of the molecule is C=C(C)CCNC1CC1CCC. The second-order valence-corrected chi connectivity index (χ2v) is 4.05. The number of hydrogen-bond donors (Lipinski definition) is 1. The first-order valence-electron chi connectivity index (χ1n) is 5.11. The van der Waals surface area contributed by atoms with E-state index >= 15 is 0 Å². The molecule has 0 aliphatic heterocycles. The van der Waals surface area contributed by atoms with E-state index in [9.17, 15) is 0 Å². The van der Waals surface area contributed by atoms with Gasteiger partial charge in [-0.25, -0.2) is 0 Å². The molecule has 1 rings (SSSR count). The minimum absolute atomic E-state index is 0.837. The van der Waals surface area contributed by atoms with Crippen molar-refractivity contribution in [2.75, 3.05) is 6.54 Å². The minimum Gasteiger partial charge on any atom is -0.313 e. The van der Waals surface area contributed by atoms with Crippen molar-refractivity contribution >= 4 is 0 Å². The summed E-state index contributed by atoms with van der Waals surface area (Å²) in [5.74, 6) is 0.986. The van der Waals surface area contributed by atoms with E-state index in [1.807, 2.05) is 0 Å². The smallest absolute Gasteiger partial charge is 0.00992 e. The normalized spacial score (nSPS) is 27.2. The van der Waals surface area contributed by atoms with Gasteiger partial charge in [0.25, 0.3) is 0 Å². The maximum atomic E-state index is 3.89. The molecular formula is C11H21N. The van der Waals surface area contributed by atoms with Crippen molar-refractivity contribution in [3.05, 3.63) is 12.2 Å². The Morgan fingerprint density at radius 3 is 2.92 bits per heavy atom. The van der Waals surface area contributed by atoms with Crippen molar-refractivity contribution in [3.63, 3.8) is 0 Å². The molecule has 1 nitrogen and oxygen atoms in total. The molecule has 0 bridgehead atoms. The highest BCUT2D eigenvalue weighted by atomic mass is 15.0. The molecule has 0 aromatic rings. The minimum atomic E-state index is 0.837. The molecule has 1 aliphatic rings. The first kappa shape index (κ1) is 9.79. The van der Waals surface area contributed by atoms with Gasteiger partial charge in [0, 0.05) is 6.04 Å². The predicted octanol–water partition coefficient (Wildman–Crippen LogP) is 2.73. The molecular weight excluding hydrogens is 146 g/mol. The first-order valence-corrected chi connectivity index (χ1v) is 5.11. The molecule has 1 fully saturated rings. The first-order chi connectivity index (χ1) is 5.74. The van der Waals surface area contributed by atoms with Gasteiger partial charge in [0.05, 0.1) is 0 Å². The fraction of sp³-hybridized carbons (Fsp3) is 0.818. The van der Waals surface area contributed by atoms with Crippen molar-refractivity contribution in [1.82, 2.24) is 5.32 Å². The fourth-order valence-electron chi connectivity index (χ4n) is 1.66. The van der Waals surface area contributed by atoms with Gasteiger partial charge in [0.2, 0.25) is 0 Å². The van der Waals surface area contributed by atoms with Gasteiger partial charge in [-0.1, -0.05) is 18.9 Å². The number of hydrogen-bond acceptors (Lipinski definition) is 1. The molecule has 0 saturated heterocycles. The Morgan fingerprint density at radius 1 is 1.58 bits per heavy atom. The summed E-state index contributed by atoms with van der Waals surface area (Å²) in [4.78, 5) is 0. The van der Waals surface area contributed by atoms with Crippen LogP contribution in [0.25, 0.3) is 0 Å². The lowest BCUT2D eigenvalue weighted by Crippen LogP contribution is -2.19. The second kappa shape index (κ2) is 4.66. The maximum Gasteiger partial charge on any atom is 0.00992 e. The molecule has 1 heteroatoms. The highest BCUT2D eigenvalue weighted by molar-refractivity contribution is 4.94. The van der Waals surface area contributed by atoms with Crippen LogP contribution in [-0.2, 0) is 0 Å². The molecule has 1 aliphatic carbocycles. The topological polar surface area (TPSA) is 12.0 Å². The monoisotopic (exact) mass is 167 g/mol. The van der Waals surface area contributed by atoms with E-state index in [1.54, 1.807) is 0 Å². The summed E-state index contributed by atoms with van der Waals surface area (Å²) in [5.41, 5.74) is 1.29. The van der Waals surface area contributed by atoms with Crippen LogP contribution in [0.2, 0.25) is 0 Å². The molecule has 0 aromatic carbocycles. The lowest BCUT2D eigenvalue weighted by Gasteiger charge is -2.02. The Labute approximate surface area is 76.2 Å². The molecule has 0 amide bonds. The van der Waals surface area contributed by atoms with Gasteiger partial charge in [-0.3, -0.25) is 0 Å². The summed E-state index contributed by atoms with van der Waals surface area (Å²) < 4.78 is 0. The van der Waals surface area contributed by atoms with Crippen LogP contribution in [0.1, 0.15) is 39.5 Å². The molecule has 12 heavy (non-hydrogen) atoms. The Bertz CT molecular complexity index is 151. The fourth-order valence-corrected chi connectivity index (χ4v) is 1.66. The average Bonchev–Trinajstić information content (AvgIpc) is 2.68. The quantitative estimate of drug-likeness (QED) is 0.600. The average molecular weight is 167 g/mol. The standard InChI is InChI=1S/C11H21N/c1-4-5-10-8-11(10)12-7-6-9(2)3/h10-12H,2,4-8H2,1,3H3. The van der Waals surface area contributed by atoms with E-state index in [4.69, 9.17) is 0 Å². The van der Waals surface area contributed by atoms with E-state index in [1.165, 1.54) is 24.8 Å². The Hall–Kier alpha value is -0.300. The van der Waals surface area contributed by atoms with E-state index < -0.39 is 0 Å². The molecule has 0 aromatic heterocycles. The zero-order chi connectivity index (χ0) is 8.97. The van der Waals surface area contributed by atoms with Crippen molar-refractivity contribution in [3.8, 4) is 0 Å². The lowest BCUT2D eigenvalue weighted by molar-refractivity contribution is 0.599. The van der Waals surface area contributed by atoms with Gasteiger partial charge in [-0.15, -0.1) is 6.58 Å². The third-order valence-corrected chi connectivity index (χ3v) is 2.54. The predicted molar refractivity (Wildman–Crippen MR) is 54.2 cm³/mol. The summed E-state index contributed by atoms with van der Waals surface area (Å²) in [6.07, 6.45) is 5.29. The zero-order valence-electron chi connectivity index (χ0n) is 8.40. The van der Waals surface area contributed by atoms with Crippen LogP contribution in [-0.4, -0.2) is 12.6 Å². The van der Waals surface area contributed by atoms with Crippen LogP contribution in [0.3, 0.4) is 0 Å². The largest absolute Gasteiger partial charge is 0.313 e. The van der Waals surface area contributed by atoms with Gasteiger partial charge < -0.3 is 5.32 Å².